The number of hydrogen-bond acceptors (Lipinski definition) is 4. The fourth-order valence-corrected chi connectivity index (χ4v) is 2.38. The zero-order valence-corrected chi connectivity index (χ0v) is 10.6. The third-order valence-corrected chi connectivity index (χ3v) is 3.49. The molecule has 0 spiro atoms. The largest absolute Gasteiger partial charge is 0.508 e. The normalized spacial score (nSPS) is 22.3. The van der Waals surface area contributed by atoms with Gasteiger partial charge in [0, 0.05) is 44.3 Å². The number of rotatable bonds is 3. The minimum atomic E-state index is -0.318. The van der Waals surface area contributed by atoms with Gasteiger partial charge in [-0.25, -0.2) is 4.39 Å². The van der Waals surface area contributed by atoms with Crippen LogP contribution >= 0.6 is 0 Å². The van der Waals surface area contributed by atoms with Gasteiger partial charge in [-0.05, 0) is 25.2 Å². The number of phenols is 1. The maximum atomic E-state index is 13.2. The van der Waals surface area contributed by atoms with E-state index < -0.39 is 0 Å². The number of likely N-dealkylation sites (N-methyl/N-ethyl adjacent to an activating group) is 1. The van der Waals surface area contributed by atoms with Gasteiger partial charge in [0.25, 0.3) is 0 Å². The fourth-order valence-electron chi connectivity index (χ4n) is 2.38. The van der Waals surface area contributed by atoms with Crippen molar-refractivity contribution in [3.05, 3.63) is 29.6 Å². The van der Waals surface area contributed by atoms with Crippen molar-refractivity contribution in [2.24, 2.45) is 5.73 Å². The molecule has 18 heavy (non-hydrogen) atoms. The van der Waals surface area contributed by atoms with Gasteiger partial charge in [-0.2, -0.15) is 0 Å². The fraction of sp³-hybridized carbons (Fsp3) is 0.538. The first-order chi connectivity index (χ1) is 8.60. The molecule has 0 aromatic heterocycles. The Morgan fingerprint density at radius 3 is 2.94 bits per heavy atom. The van der Waals surface area contributed by atoms with Crippen molar-refractivity contribution in [3.8, 4) is 5.75 Å². The summed E-state index contributed by atoms with van der Waals surface area (Å²) in [4.78, 5) is 4.44. The molecule has 0 radical (unpaired) electrons. The molecule has 1 aliphatic rings. The zero-order valence-electron chi connectivity index (χ0n) is 10.6. The monoisotopic (exact) mass is 253 g/mol. The molecule has 1 unspecified atom stereocenters. The third kappa shape index (κ3) is 2.98. The summed E-state index contributed by atoms with van der Waals surface area (Å²) in [5.74, 6) is -0.174. The first-order valence-corrected chi connectivity index (χ1v) is 6.20. The third-order valence-electron chi connectivity index (χ3n) is 3.49. The first kappa shape index (κ1) is 13.3. The predicted octanol–water partition coefficient (Wildman–Crippen LogP) is 0.606. The summed E-state index contributed by atoms with van der Waals surface area (Å²) >= 11 is 0. The van der Waals surface area contributed by atoms with Crippen LogP contribution in [0.1, 0.15) is 5.56 Å². The molecule has 1 saturated heterocycles. The van der Waals surface area contributed by atoms with E-state index in [2.05, 4.69) is 16.8 Å². The van der Waals surface area contributed by atoms with Gasteiger partial charge < -0.3 is 15.7 Å². The molecule has 0 saturated carbocycles. The number of halogens is 1. The van der Waals surface area contributed by atoms with Gasteiger partial charge in [0.2, 0.25) is 0 Å². The summed E-state index contributed by atoms with van der Waals surface area (Å²) in [7, 11) is 2.07. The molecule has 5 heteroatoms. The lowest BCUT2D eigenvalue weighted by atomic mass is 10.1. The van der Waals surface area contributed by atoms with Crippen LogP contribution in [0.4, 0.5) is 4.39 Å². The Morgan fingerprint density at radius 1 is 1.44 bits per heavy atom. The van der Waals surface area contributed by atoms with E-state index in [1.807, 2.05) is 0 Å². The highest BCUT2D eigenvalue weighted by Gasteiger charge is 2.24. The van der Waals surface area contributed by atoms with Gasteiger partial charge in [-0.3, -0.25) is 4.90 Å². The Labute approximate surface area is 107 Å². The van der Waals surface area contributed by atoms with E-state index in [0.717, 1.165) is 19.6 Å². The van der Waals surface area contributed by atoms with Crippen LogP contribution in [0.5, 0.6) is 5.75 Å². The quantitative estimate of drug-likeness (QED) is 0.828. The highest BCUT2D eigenvalue weighted by Crippen LogP contribution is 2.21. The van der Waals surface area contributed by atoms with E-state index >= 15 is 0 Å². The van der Waals surface area contributed by atoms with Gasteiger partial charge in [-0.1, -0.05) is 0 Å². The van der Waals surface area contributed by atoms with Crippen LogP contribution in [0.3, 0.4) is 0 Å². The molecule has 2 rings (SSSR count). The second kappa shape index (κ2) is 5.65. The van der Waals surface area contributed by atoms with E-state index in [1.165, 1.54) is 18.2 Å². The van der Waals surface area contributed by atoms with Crippen molar-refractivity contribution in [1.29, 1.82) is 0 Å². The standard InChI is InChI=1S/C13H20FN3O/c1-16-4-5-17(12(7-15)9-16)8-10-6-11(14)2-3-13(10)18/h2-3,6,12,18H,4-5,7-9,15H2,1H3. The molecule has 0 bridgehead atoms. The maximum Gasteiger partial charge on any atom is 0.123 e. The van der Waals surface area contributed by atoms with Crippen LogP contribution in [0.25, 0.3) is 0 Å². The Morgan fingerprint density at radius 2 is 2.22 bits per heavy atom. The topological polar surface area (TPSA) is 52.7 Å². The second-order valence-electron chi connectivity index (χ2n) is 4.90. The van der Waals surface area contributed by atoms with Crippen LogP contribution in [0.15, 0.2) is 18.2 Å². The smallest absolute Gasteiger partial charge is 0.123 e. The van der Waals surface area contributed by atoms with E-state index in [1.54, 1.807) is 0 Å². The van der Waals surface area contributed by atoms with Crippen molar-refractivity contribution in [2.75, 3.05) is 33.2 Å². The molecule has 1 aliphatic heterocycles. The molecular weight excluding hydrogens is 233 g/mol. The number of phenolic OH excluding ortho intramolecular Hbond substituents is 1. The SMILES string of the molecule is CN1CCN(Cc2cc(F)ccc2O)C(CN)C1. The maximum absolute atomic E-state index is 13.2. The molecule has 0 aliphatic carbocycles. The molecule has 100 valence electrons. The Balaban J connectivity index is 2.10. The molecule has 1 atom stereocenters. The van der Waals surface area contributed by atoms with Crippen LogP contribution in [0, 0.1) is 5.82 Å². The van der Waals surface area contributed by atoms with Crippen molar-refractivity contribution in [2.45, 2.75) is 12.6 Å². The lowest BCUT2D eigenvalue weighted by Gasteiger charge is -2.39. The number of aromatic hydroxyl groups is 1. The van der Waals surface area contributed by atoms with E-state index in [9.17, 15) is 9.50 Å². The Hall–Kier alpha value is -1.17. The molecule has 3 N–H and O–H groups in total. The predicted molar refractivity (Wildman–Crippen MR) is 68.8 cm³/mol. The molecule has 4 nitrogen and oxygen atoms in total. The molecular formula is C13H20FN3O. The molecule has 1 aromatic rings. The zero-order chi connectivity index (χ0) is 13.1. The van der Waals surface area contributed by atoms with Gasteiger partial charge in [0.1, 0.15) is 11.6 Å². The summed E-state index contributed by atoms with van der Waals surface area (Å²) in [5.41, 5.74) is 6.40. The highest BCUT2D eigenvalue weighted by atomic mass is 19.1. The molecule has 1 fully saturated rings. The summed E-state index contributed by atoms with van der Waals surface area (Å²) in [6.45, 7) is 3.87. The number of benzene rings is 1. The van der Waals surface area contributed by atoms with Crippen LogP contribution in [0.2, 0.25) is 0 Å². The van der Waals surface area contributed by atoms with E-state index in [0.29, 0.717) is 18.7 Å². The summed E-state index contributed by atoms with van der Waals surface area (Å²) < 4.78 is 13.2. The van der Waals surface area contributed by atoms with E-state index in [4.69, 9.17) is 5.73 Å². The van der Waals surface area contributed by atoms with Crippen LogP contribution in [-0.2, 0) is 6.54 Å². The second-order valence-corrected chi connectivity index (χ2v) is 4.90. The average molecular weight is 253 g/mol. The molecule has 0 amide bonds. The Kier molecular flexibility index (Phi) is 4.16. The highest BCUT2D eigenvalue weighted by molar-refractivity contribution is 5.32. The Bertz CT molecular complexity index is 413. The van der Waals surface area contributed by atoms with Crippen LogP contribution < -0.4 is 5.73 Å². The van der Waals surface area contributed by atoms with Crippen molar-refractivity contribution >= 4 is 0 Å². The van der Waals surface area contributed by atoms with Crippen molar-refractivity contribution in [1.82, 2.24) is 9.80 Å². The lowest BCUT2D eigenvalue weighted by Crippen LogP contribution is -2.54. The molecule has 1 aromatic carbocycles. The number of hydrogen-bond donors (Lipinski definition) is 2. The van der Waals surface area contributed by atoms with Crippen molar-refractivity contribution in [3.63, 3.8) is 0 Å². The summed E-state index contributed by atoms with van der Waals surface area (Å²) in [6, 6.07) is 4.31. The van der Waals surface area contributed by atoms with Gasteiger partial charge >= 0.3 is 0 Å². The number of piperazine rings is 1. The van der Waals surface area contributed by atoms with Gasteiger partial charge in [0.05, 0.1) is 0 Å². The first-order valence-electron chi connectivity index (χ1n) is 6.20. The summed E-state index contributed by atoms with van der Waals surface area (Å²) in [6.07, 6.45) is 0. The number of nitrogens with zero attached hydrogens (tertiary/aromatic N) is 2. The van der Waals surface area contributed by atoms with Crippen molar-refractivity contribution < 1.29 is 9.50 Å². The molecule has 1 heterocycles. The van der Waals surface area contributed by atoms with Gasteiger partial charge in [-0.15, -0.1) is 0 Å². The number of nitrogens with two attached hydrogens (primary N) is 1. The minimum absolute atomic E-state index is 0.145. The lowest BCUT2D eigenvalue weighted by molar-refractivity contribution is 0.0873. The van der Waals surface area contributed by atoms with E-state index in [-0.39, 0.29) is 17.6 Å². The van der Waals surface area contributed by atoms with Gasteiger partial charge in [0.15, 0.2) is 0 Å². The summed E-state index contributed by atoms with van der Waals surface area (Å²) in [5, 5.41) is 9.74. The minimum Gasteiger partial charge on any atom is -0.508 e. The van der Waals surface area contributed by atoms with Crippen LogP contribution in [-0.4, -0.2) is 54.2 Å². The average Bonchev–Trinajstić information content (AvgIpc) is 2.36.